The third-order valence-corrected chi connectivity index (χ3v) is 9.53. The lowest BCUT2D eigenvalue weighted by Crippen LogP contribution is -2.37. The van der Waals surface area contributed by atoms with Crippen molar-refractivity contribution >= 4 is 13.8 Å². The highest BCUT2D eigenvalue weighted by Crippen LogP contribution is 2.43. The van der Waals surface area contributed by atoms with E-state index in [0.29, 0.717) is 24.1 Å². The van der Waals surface area contributed by atoms with Crippen LogP contribution in [0.4, 0.5) is 0 Å². The van der Waals surface area contributed by atoms with Gasteiger partial charge in [-0.25, -0.2) is 4.57 Å². The summed E-state index contributed by atoms with van der Waals surface area (Å²) in [4.78, 5) is 22.8. The van der Waals surface area contributed by atoms with Gasteiger partial charge in [0, 0.05) is 13.0 Å². The summed E-state index contributed by atoms with van der Waals surface area (Å²) in [6.45, 7) is 5.39. The maximum Gasteiger partial charge on any atom is 0.472 e. The second kappa shape index (κ2) is 37.8. The number of allylic oxidation sites excluding steroid dienone is 12. The van der Waals surface area contributed by atoms with Crippen molar-refractivity contribution in [2.75, 3.05) is 54.1 Å². The summed E-state index contributed by atoms with van der Waals surface area (Å²) in [5.41, 5.74) is 0. The molecule has 0 aromatic heterocycles. The van der Waals surface area contributed by atoms with Gasteiger partial charge < -0.3 is 18.9 Å². The van der Waals surface area contributed by atoms with E-state index in [9.17, 15) is 14.3 Å². The van der Waals surface area contributed by atoms with E-state index in [2.05, 4.69) is 74.6 Å². The number of hydrogen-bond donors (Lipinski definition) is 1. The number of nitrogens with zero attached hydrogens (tertiary/aromatic N) is 1. The van der Waals surface area contributed by atoms with Crippen LogP contribution in [0.2, 0.25) is 0 Å². The molecule has 0 bridgehead atoms. The number of likely N-dealkylation sites (N-methyl/N-ethyl adjacent to an activating group) is 1. The Morgan fingerprint density at radius 3 is 1.50 bits per heavy atom. The molecule has 0 fully saturated rings. The Labute approximate surface area is 332 Å². The molecule has 0 radical (unpaired) electrons. The van der Waals surface area contributed by atoms with Crippen molar-refractivity contribution in [2.45, 2.75) is 155 Å². The van der Waals surface area contributed by atoms with Crippen molar-refractivity contribution in [1.29, 1.82) is 0 Å². The lowest BCUT2D eigenvalue weighted by Gasteiger charge is -2.24. The van der Waals surface area contributed by atoms with Gasteiger partial charge in [-0.3, -0.25) is 13.8 Å². The second-order valence-electron chi connectivity index (χ2n) is 15.0. The lowest BCUT2D eigenvalue weighted by molar-refractivity contribution is -0.870. The third-order valence-electron chi connectivity index (χ3n) is 8.55. The molecule has 0 aromatic carbocycles. The second-order valence-corrected chi connectivity index (χ2v) is 16.4. The molecule has 0 rings (SSSR count). The molecule has 9 heteroatoms. The van der Waals surface area contributed by atoms with Crippen LogP contribution in [0.1, 0.15) is 149 Å². The number of ether oxygens (including phenoxy) is 2. The highest BCUT2D eigenvalue weighted by molar-refractivity contribution is 7.47. The number of esters is 1. The topological polar surface area (TPSA) is 91.3 Å². The van der Waals surface area contributed by atoms with E-state index in [1.165, 1.54) is 70.6 Å². The van der Waals surface area contributed by atoms with Gasteiger partial charge in [0.2, 0.25) is 0 Å². The zero-order valence-electron chi connectivity index (χ0n) is 35.2. The molecule has 0 aliphatic rings. The molecule has 0 aromatic rings. The summed E-state index contributed by atoms with van der Waals surface area (Å²) in [5.74, 6) is -0.397. The first-order chi connectivity index (χ1) is 26.1. The van der Waals surface area contributed by atoms with Gasteiger partial charge in [0.05, 0.1) is 34.4 Å². The fraction of sp³-hybridized carbons (Fsp3) is 0.711. The van der Waals surface area contributed by atoms with E-state index in [-0.39, 0.29) is 26.2 Å². The van der Waals surface area contributed by atoms with Crippen LogP contribution in [0.15, 0.2) is 72.9 Å². The standard InChI is InChI=1S/C45H80NO7P/c1-6-8-10-12-14-16-18-20-21-22-23-24-25-26-28-30-32-34-36-38-45(47)53-44(43-52-54(48,49)51-41-39-46(3,4)5)42-50-40-37-35-33-31-29-27-19-17-15-13-11-9-7-2/h8,10,14,16,20-21,23-24,26,28,32,34,44H,6-7,9,11-13,15,17-19,22,25,27,29-31,33,35-43H2,1-5H3/p+1/b10-8-,16-14-,21-20-,24-23-,28-26-,34-32-. The molecule has 0 aliphatic heterocycles. The van der Waals surface area contributed by atoms with Crippen molar-refractivity contribution in [1.82, 2.24) is 0 Å². The fourth-order valence-electron chi connectivity index (χ4n) is 5.28. The van der Waals surface area contributed by atoms with Crippen LogP contribution < -0.4 is 0 Å². The van der Waals surface area contributed by atoms with Crippen LogP contribution in [0, 0.1) is 0 Å². The largest absolute Gasteiger partial charge is 0.472 e. The summed E-state index contributed by atoms with van der Waals surface area (Å²) in [7, 11) is 1.61. The average Bonchev–Trinajstić information content (AvgIpc) is 3.12. The molecule has 54 heavy (non-hydrogen) atoms. The molecule has 0 heterocycles. The molecule has 312 valence electrons. The minimum atomic E-state index is -4.29. The number of phosphoric ester groups is 1. The Kier molecular flexibility index (Phi) is 36.4. The van der Waals surface area contributed by atoms with Crippen LogP contribution in [0.25, 0.3) is 0 Å². The van der Waals surface area contributed by atoms with Gasteiger partial charge in [0.15, 0.2) is 0 Å². The minimum absolute atomic E-state index is 0.0727. The maximum absolute atomic E-state index is 12.6. The Bertz CT molecular complexity index is 1090. The number of rotatable bonds is 38. The number of hydrogen-bond acceptors (Lipinski definition) is 6. The number of quaternary nitrogens is 1. The number of phosphoric acid groups is 1. The highest BCUT2D eigenvalue weighted by atomic mass is 31.2. The van der Waals surface area contributed by atoms with E-state index in [0.717, 1.165) is 51.4 Å². The molecule has 0 aliphatic carbocycles. The van der Waals surface area contributed by atoms with Gasteiger partial charge in [0.1, 0.15) is 19.3 Å². The van der Waals surface area contributed by atoms with Gasteiger partial charge in [-0.15, -0.1) is 0 Å². The summed E-state index contributed by atoms with van der Waals surface area (Å²) < 4.78 is 34.8. The van der Waals surface area contributed by atoms with Crippen LogP contribution in [-0.4, -0.2) is 75.6 Å². The van der Waals surface area contributed by atoms with Gasteiger partial charge in [-0.1, -0.05) is 164 Å². The predicted octanol–water partition coefficient (Wildman–Crippen LogP) is 12.3. The Hall–Kier alpha value is -2.06. The molecule has 0 spiro atoms. The minimum Gasteiger partial charge on any atom is -0.457 e. The average molecular weight is 779 g/mol. The van der Waals surface area contributed by atoms with E-state index in [1.54, 1.807) is 0 Å². The Morgan fingerprint density at radius 1 is 0.593 bits per heavy atom. The molecule has 2 unspecified atom stereocenters. The van der Waals surface area contributed by atoms with Crippen molar-refractivity contribution in [3.8, 4) is 0 Å². The van der Waals surface area contributed by atoms with Crippen molar-refractivity contribution in [2.24, 2.45) is 0 Å². The van der Waals surface area contributed by atoms with E-state index < -0.39 is 19.9 Å². The molecule has 0 amide bonds. The van der Waals surface area contributed by atoms with Gasteiger partial charge in [0.25, 0.3) is 0 Å². The van der Waals surface area contributed by atoms with E-state index in [1.807, 2.05) is 33.3 Å². The van der Waals surface area contributed by atoms with Crippen molar-refractivity contribution in [3.05, 3.63) is 72.9 Å². The van der Waals surface area contributed by atoms with Crippen LogP contribution in [0.5, 0.6) is 0 Å². The first-order valence-electron chi connectivity index (χ1n) is 21.2. The molecule has 8 nitrogen and oxygen atoms in total. The normalized spacial score (nSPS) is 14.6. The predicted molar refractivity (Wildman–Crippen MR) is 228 cm³/mol. The summed E-state index contributed by atoms with van der Waals surface area (Å²) >= 11 is 0. The number of unbranched alkanes of at least 4 members (excludes halogenated alkanes) is 12. The smallest absolute Gasteiger partial charge is 0.457 e. The fourth-order valence-corrected chi connectivity index (χ4v) is 6.02. The quantitative estimate of drug-likeness (QED) is 0.0219. The van der Waals surface area contributed by atoms with Crippen LogP contribution >= 0.6 is 7.82 Å². The highest BCUT2D eigenvalue weighted by Gasteiger charge is 2.26. The van der Waals surface area contributed by atoms with E-state index >= 15 is 0 Å². The molecule has 0 saturated heterocycles. The zero-order chi connectivity index (χ0) is 39.9. The van der Waals surface area contributed by atoms with Gasteiger partial charge in [-0.2, -0.15) is 0 Å². The van der Waals surface area contributed by atoms with Crippen LogP contribution in [-0.2, 0) is 27.9 Å². The van der Waals surface area contributed by atoms with Crippen LogP contribution in [0.3, 0.4) is 0 Å². The van der Waals surface area contributed by atoms with E-state index in [4.69, 9.17) is 18.5 Å². The lowest BCUT2D eigenvalue weighted by atomic mass is 10.0. The van der Waals surface area contributed by atoms with Gasteiger partial charge >= 0.3 is 13.8 Å². The zero-order valence-corrected chi connectivity index (χ0v) is 36.1. The van der Waals surface area contributed by atoms with Gasteiger partial charge in [-0.05, 0) is 51.4 Å². The monoisotopic (exact) mass is 779 g/mol. The first-order valence-corrected chi connectivity index (χ1v) is 22.7. The molecule has 0 saturated carbocycles. The number of carbonyl (C=O) groups excluding carboxylic acids is 1. The SMILES string of the molecule is CC/C=C\C/C=C\C/C=C\C/C=C\C/C=C\C/C=C\CCC(=O)OC(COCCCCCCCCCCCCCCC)COP(=O)(O)OCC[N+](C)(C)C. The summed E-state index contributed by atoms with van der Waals surface area (Å²) in [5, 5.41) is 0. The number of carbonyl (C=O) groups is 1. The molecular weight excluding hydrogens is 697 g/mol. The third kappa shape index (κ3) is 41.1. The van der Waals surface area contributed by atoms with Crippen molar-refractivity contribution in [3.63, 3.8) is 0 Å². The molecule has 1 N–H and O–H groups in total. The Morgan fingerprint density at radius 2 is 1.04 bits per heavy atom. The maximum atomic E-state index is 12.6. The molecular formula is C45H81NO7P+. The first kappa shape index (κ1) is 51.9. The summed E-state index contributed by atoms with van der Waals surface area (Å²) in [6, 6.07) is 0. The van der Waals surface area contributed by atoms with Crippen molar-refractivity contribution < 1.29 is 37.3 Å². The molecule has 2 atom stereocenters. The Balaban J connectivity index is 4.40. The summed E-state index contributed by atoms with van der Waals surface area (Å²) in [6.07, 6.45) is 48.0.